The largest absolute Gasteiger partial charge is 0.433 e. The second-order valence-electron chi connectivity index (χ2n) is 4.72. The molecule has 0 saturated carbocycles. The molecule has 1 unspecified atom stereocenters. The summed E-state index contributed by atoms with van der Waals surface area (Å²) >= 11 is 0. The van der Waals surface area contributed by atoms with Gasteiger partial charge < -0.3 is 0 Å². The standard InChI is InChI=1S/C12H16F3N3/c1-8-16-9(7-11(17-8)12(13,14)15)10-5-3-4-6-18(10)2/h7,10H,3-6H2,1-2H3. The Bertz CT molecular complexity index is 431. The number of hydrogen-bond donors (Lipinski definition) is 0. The molecule has 0 radical (unpaired) electrons. The summed E-state index contributed by atoms with van der Waals surface area (Å²) in [7, 11) is 1.93. The summed E-state index contributed by atoms with van der Waals surface area (Å²) in [6.45, 7) is 2.40. The van der Waals surface area contributed by atoms with Crippen molar-refractivity contribution in [2.24, 2.45) is 0 Å². The van der Waals surface area contributed by atoms with Gasteiger partial charge in [0.15, 0.2) is 0 Å². The van der Waals surface area contributed by atoms with E-state index in [9.17, 15) is 13.2 Å². The van der Waals surface area contributed by atoms with Gasteiger partial charge in [0.25, 0.3) is 0 Å². The third-order valence-corrected chi connectivity index (χ3v) is 3.26. The van der Waals surface area contributed by atoms with Gasteiger partial charge in [-0.15, -0.1) is 0 Å². The predicted octanol–water partition coefficient (Wildman–Crippen LogP) is 2.96. The monoisotopic (exact) mass is 259 g/mol. The molecule has 1 saturated heterocycles. The SMILES string of the molecule is Cc1nc(C2CCCCN2C)cc(C(F)(F)F)n1. The maximum atomic E-state index is 12.7. The summed E-state index contributed by atoms with van der Waals surface area (Å²) in [6, 6.07) is 1.06. The van der Waals surface area contributed by atoms with Gasteiger partial charge in [-0.25, -0.2) is 9.97 Å². The van der Waals surface area contributed by atoms with Crippen molar-refractivity contribution in [1.29, 1.82) is 0 Å². The first-order valence-electron chi connectivity index (χ1n) is 6.01. The molecule has 1 atom stereocenters. The van der Waals surface area contributed by atoms with Crippen molar-refractivity contribution in [3.05, 3.63) is 23.3 Å². The molecule has 100 valence electrons. The average Bonchev–Trinajstić information content (AvgIpc) is 2.27. The maximum Gasteiger partial charge on any atom is 0.433 e. The minimum atomic E-state index is -4.41. The van der Waals surface area contributed by atoms with E-state index in [1.54, 1.807) is 0 Å². The fourth-order valence-corrected chi connectivity index (χ4v) is 2.36. The van der Waals surface area contributed by atoms with E-state index in [1.165, 1.54) is 6.92 Å². The first-order chi connectivity index (χ1) is 8.38. The van der Waals surface area contributed by atoms with Gasteiger partial charge in [-0.2, -0.15) is 13.2 Å². The lowest BCUT2D eigenvalue weighted by molar-refractivity contribution is -0.141. The van der Waals surface area contributed by atoms with E-state index in [2.05, 4.69) is 14.9 Å². The van der Waals surface area contributed by atoms with Gasteiger partial charge in [0, 0.05) is 0 Å². The number of likely N-dealkylation sites (tertiary alicyclic amines) is 1. The maximum absolute atomic E-state index is 12.7. The molecule has 0 bridgehead atoms. The van der Waals surface area contributed by atoms with E-state index in [-0.39, 0.29) is 11.9 Å². The molecule has 1 aliphatic heterocycles. The van der Waals surface area contributed by atoms with Crippen molar-refractivity contribution in [2.45, 2.75) is 38.4 Å². The summed E-state index contributed by atoms with van der Waals surface area (Å²) in [5.41, 5.74) is -0.360. The Hall–Kier alpha value is -1.17. The molecule has 3 nitrogen and oxygen atoms in total. The zero-order valence-electron chi connectivity index (χ0n) is 10.5. The van der Waals surface area contributed by atoms with E-state index in [4.69, 9.17) is 0 Å². The van der Waals surface area contributed by atoms with Gasteiger partial charge in [-0.3, -0.25) is 4.90 Å². The summed E-state index contributed by atoms with van der Waals surface area (Å²) < 4.78 is 38.1. The lowest BCUT2D eigenvalue weighted by Crippen LogP contribution is -2.30. The first-order valence-corrected chi connectivity index (χ1v) is 6.01. The van der Waals surface area contributed by atoms with Crippen molar-refractivity contribution in [3.8, 4) is 0 Å². The summed E-state index contributed by atoms with van der Waals surface area (Å²) in [5, 5.41) is 0. The van der Waals surface area contributed by atoms with Crippen LogP contribution in [-0.4, -0.2) is 28.5 Å². The molecule has 0 aliphatic carbocycles. The minimum absolute atomic E-state index is 0.0263. The van der Waals surface area contributed by atoms with Crippen molar-refractivity contribution >= 4 is 0 Å². The number of aromatic nitrogens is 2. The number of alkyl halides is 3. The van der Waals surface area contributed by atoms with Gasteiger partial charge in [-0.1, -0.05) is 6.42 Å². The van der Waals surface area contributed by atoms with Crippen LogP contribution < -0.4 is 0 Å². The second-order valence-corrected chi connectivity index (χ2v) is 4.72. The van der Waals surface area contributed by atoms with Gasteiger partial charge in [0.2, 0.25) is 0 Å². The summed E-state index contributed by atoms with van der Waals surface area (Å²) in [6.07, 6.45) is -1.44. The highest BCUT2D eigenvalue weighted by Crippen LogP contribution is 2.32. The molecule has 1 aliphatic rings. The molecule has 1 aromatic rings. The summed E-state index contributed by atoms with van der Waals surface area (Å²) in [5.74, 6) is 0.179. The number of rotatable bonds is 1. The molecule has 6 heteroatoms. The Labute approximate surface area is 104 Å². The number of aryl methyl sites for hydroxylation is 1. The molecule has 2 rings (SSSR count). The van der Waals surface area contributed by atoms with Crippen LogP contribution in [0, 0.1) is 6.92 Å². The lowest BCUT2D eigenvalue weighted by atomic mass is 9.99. The third kappa shape index (κ3) is 2.80. The van der Waals surface area contributed by atoms with Crippen molar-refractivity contribution in [3.63, 3.8) is 0 Å². The Morgan fingerprint density at radius 2 is 2.00 bits per heavy atom. The molecule has 0 amide bonds. The van der Waals surface area contributed by atoms with Crippen LogP contribution in [0.2, 0.25) is 0 Å². The van der Waals surface area contributed by atoms with Crippen LogP contribution >= 0.6 is 0 Å². The fraction of sp³-hybridized carbons (Fsp3) is 0.667. The van der Waals surface area contributed by atoms with Crippen LogP contribution in [0.4, 0.5) is 13.2 Å². The number of nitrogens with zero attached hydrogens (tertiary/aromatic N) is 3. The molecular weight excluding hydrogens is 243 g/mol. The molecule has 0 spiro atoms. The molecule has 0 N–H and O–H groups in total. The van der Waals surface area contributed by atoms with Crippen LogP contribution in [0.25, 0.3) is 0 Å². The normalized spacial score (nSPS) is 22.2. The lowest BCUT2D eigenvalue weighted by Gasteiger charge is -2.32. The van der Waals surface area contributed by atoms with E-state index in [0.717, 1.165) is 31.9 Å². The number of piperidine rings is 1. The van der Waals surface area contributed by atoms with Crippen molar-refractivity contribution in [1.82, 2.24) is 14.9 Å². The predicted molar refractivity (Wildman–Crippen MR) is 61.0 cm³/mol. The van der Waals surface area contributed by atoms with Crippen molar-refractivity contribution < 1.29 is 13.2 Å². The first kappa shape index (κ1) is 13.3. The van der Waals surface area contributed by atoms with Gasteiger partial charge in [0.1, 0.15) is 11.5 Å². The highest BCUT2D eigenvalue weighted by molar-refractivity contribution is 5.17. The van der Waals surface area contributed by atoms with Crippen LogP contribution in [-0.2, 0) is 6.18 Å². The van der Waals surface area contributed by atoms with Gasteiger partial charge in [0.05, 0.1) is 11.7 Å². The quantitative estimate of drug-likeness (QED) is 0.776. The van der Waals surface area contributed by atoms with Crippen LogP contribution in [0.5, 0.6) is 0 Å². The fourth-order valence-electron chi connectivity index (χ4n) is 2.36. The average molecular weight is 259 g/mol. The smallest absolute Gasteiger partial charge is 0.298 e. The Balaban J connectivity index is 2.35. The van der Waals surface area contributed by atoms with Crippen LogP contribution in [0.15, 0.2) is 6.07 Å². The zero-order chi connectivity index (χ0) is 13.3. The topological polar surface area (TPSA) is 29.0 Å². The van der Waals surface area contributed by atoms with Crippen LogP contribution in [0.3, 0.4) is 0 Å². The Kier molecular flexibility index (Phi) is 3.56. The molecule has 18 heavy (non-hydrogen) atoms. The molecule has 0 aromatic carbocycles. The third-order valence-electron chi connectivity index (χ3n) is 3.26. The second kappa shape index (κ2) is 4.84. The molecular formula is C12H16F3N3. The van der Waals surface area contributed by atoms with E-state index in [1.807, 2.05) is 7.05 Å². The van der Waals surface area contributed by atoms with E-state index >= 15 is 0 Å². The number of halogens is 3. The highest BCUT2D eigenvalue weighted by Gasteiger charge is 2.34. The molecule has 2 heterocycles. The minimum Gasteiger partial charge on any atom is -0.298 e. The number of hydrogen-bond acceptors (Lipinski definition) is 3. The van der Waals surface area contributed by atoms with Gasteiger partial charge >= 0.3 is 6.18 Å². The molecule has 1 aromatic heterocycles. The molecule has 1 fully saturated rings. The van der Waals surface area contributed by atoms with Gasteiger partial charge in [-0.05, 0) is 39.4 Å². The van der Waals surface area contributed by atoms with Crippen molar-refractivity contribution in [2.75, 3.05) is 13.6 Å². The summed E-state index contributed by atoms with van der Waals surface area (Å²) in [4.78, 5) is 9.70. The Morgan fingerprint density at radius 3 is 2.61 bits per heavy atom. The van der Waals surface area contributed by atoms with E-state index in [0.29, 0.717) is 5.69 Å². The van der Waals surface area contributed by atoms with E-state index < -0.39 is 11.9 Å². The van der Waals surface area contributed by atoms with Crippen LogP contribution in [0.1, 0.15) is 42.5 Å². The zero-order valence-corrected chi connectivity index (χ0v) is 10.5. The highest BCUT2D eigenvalue weighted by atomic mass is 19.4. The Morgan fingerprint density at radius 1 is 1.28 bits per heavy atom.